The summed E-state index contributed by atoms with van der Waals surface area (Å²) in [4.78, 5) is 0. The highest BCUT2D eigenvalue weighted by Gasteiger charge is 2.55. The lowest BCUT2D eigenvalue weighted by Crippen LogP contribution is -2.45. The van der Waals surface area contributed by atoms with Crippen LogP contribution in [0.2, 0.25) is 0 Å². The molecule has 2 rings (SSSR count). The van der Waals surface area contributed by atoms with E-state index in [9.17, 15) is 0 Å². The Labute approximate surface area is 61.4 Å². The summed E-state index contributed by atoms with van der Waals surface area (Å²) in [6, 6.07) is 0. The molecule has 0 aromatic heterocycles. The van der Waals surface area contributed by atoms with Crippen LogP contribution in [0.25, 0.3) is 0 Å². The maximum atomic E-state index is 2.45. The second-order valence-corrected chi connectivity index (χ2v) is 5.10. The van der Waals surface area contributed by atoms with E-state index < -0.39 is 0 Å². The first kappa shape index (κ1) is 6.09. The van der Waals surface area contributed by atoms with E-state index in [1.54, 1.807) is 0 Å². The molecule has 0 radical (unpaired) electrons. The Bertz CT molecular complexity index is 128. The number of thioether (sulfide) groups is 1. The molecule has 1 heteroatoms. The van der Waals surface area contributed by atoms with Gasteiger partial charge in [-0.15, -0.1) is 0 Å². The molecule has 2 fully saturated rings. The molecule has 0 N–H and O–H groups in total. The Morgan fingerprint density at radius 2 is 1.44 bits per heavy atom. The first-order valence-corrected chi connectivity index (χ1v) is 4.90. The molecule has 0 aromatic rings. The van der Waals surface area contributed by atoms with Gasteiger partial charge in [0.05, 0.1) is 0 Å². The average molecular weight is 142 g/mol. The van der Waals surface area contributed by atoms with Gasteiger partial charge >= 0.3 is 0 Å². The molecule has 1 heterocycles. The van der Waals surface area contributed by atoms with Crippen molar-refractivity contribution in [2.75, 3.05) is 11.5 Å². The van der Waals surface area contributed by atoms with Crippen molar-refractivity contribution in [3.05, 3.63) is 0 Å². The molecule has 2 atom stereocenters. The molecule has 1 saturated heterocycles. The van der Waals surface area contributed by atoms with E-state index in [1.165, 1.54) is 24.3 Å². The second-order valence-electron chi connectivity index (χ2n) is 4.11. The minimum Gasteiger partial charge on any atom is -0.161 e. The van der Waals surface area contributed by atoms with E-state index in [4.69, 9.17) is 0 Å². The lowest BCUT2D eigenvalue weighted by molar-refractivity contribution is 0.00430. The van der Waals surface area contributed by atoms with Gasteiger partial charge in [-0.1, -0.05) is 13.8 Å². The number of hydrogen-bond acceptors (Lipinski definition) is 1. The van der Waals surface area contributed by atoms with Crippen LogP contribution in [-0.4, -0.2) is 11.5 Å². The van der Waals surface area contributed by atoms with Gasteiger partial charge in [-0.2, -0.15) is 11.8 Å². The Morgan fingerprint density at radius 1 is 1.00 bits per heavy atom. The summed E-state index contributed by atoms with van der Waals surface area (Å²) < 4.78 is 0. The molecule has 1 saturated carbocycles. The Hall–Kier alpha value is 0.350. The van der Waals surface area contributed by atoms with Gasteiger partial charge in [0.1, 0.15) is 0 Å². The predicted octanol–water partition coefficient (Wildman–Crippen LogP) is 2.54. The molecule has 2 aliphatic rings. The molecule has 9 heavy (non-hydrogen) atoms. The third-order valence-corrected chi connectivity index (χ3v) is 5.21. The molecule has 0 bridgehead atoms. The van der Waals surface area contributed by atoms with E-state index in [0.29, 0.717) is 0 Å². The standard InChI is InChI=1S/C8H14S/c1-7-3-4-8(7,2)6-9-5-7/h3-6H2,1-2H3. The summed E-state index contributed by atoms with van der Waals surface area (Å²) in [6.45, 7) is 4.91. The maximum Gasteiger partial charge on any atom is -0.000773 e. The van der Waals surface area contributed by atoms with Gasteiger partial charge in [0, 0.05) is 0 Å². The zero-order valence-electron chi connectivity index (χ0n) is 6.24. The first-order chi connectivity index (χ1) is 4.16. The minimum absolute atomic E-state index is 0.734. The summed E-state index contributed by atoms with van der Waals surface area (Å²) >= 11 is 2.15. The number of rotatable bonds is 0. The zero-order valence-corrected chi connectivity index (χ0v) is 7.05. The molecule has 0 nitrogen and oxygen atoms in total. The van der Waals surface area contributed by atoms with Crippen molar-refractivity contribution in [3.8, 4) is 0 Å². The van der Waals surface area contributed by atoms with E-state index in [1.807, 2.05) is 0 Å². The SMILES string of the molecule is CC12CCC1(C)CSC2. The molecule has 0 amide bonds. The summed E-state index contributed by atoms with van der Waals surface area (Å²) in [5.41, 5.74) is 1.47. The van der Waals surface area contributed by atoms with Crippen LogP contribution in [0, 0.1) is 10.8 Å². The van der Waals surface area contributed by atoms with Crippen LogP contribution >= 0.6 is 11.8 Å². The van der Waals surface area contributed by atoms with Crippen LogP contribution in [-0.2, 0) is 0 Å². The molecular formula is C8H14S. The minimum atomic E-state index is 0.734. The molecule has 0 aromatic carbocycles. The van der Waals surface area contributed by atoms with Crippen molar-refractivity contribution in [1.29, 1.82) is 0 Å². The highest BCUT2D eigenvalue weighted by Crippen LogP contribution is 2.63. The summed E-state index contributed by atoms with van der Waals surface area (Å²) in [6.07, 6.45) is 2.97. The predicted molar refractivity (Wildman–Crippen MR) is 42.8 cm³/mol. The number of fused-ring (bicyclic) bond motifs is 1. The molecule has 1 aliphatic heterocycles. The zero-order chi connectivity index (χ0) is 6.54. The van der Waals surface area contributed by atoms with Gasteiger partial charge < -0.3 is 0 Å². The van der Waals surface area contributed by atoms with Crippen molar-refractivity contribution < 1.29 is 0 Å². The fourth-order valence-electron chi connectivity index (χ4n) is 1.97. The van der Waals surface area contributed by atoms with E-state index in [0.717, 1.165) is 10.8 Å². The van der Waals surface area contributed by atoms with Crippen molar-refractivity contribution in [2.24, 2.45) is 10.8 Å². The molecule has 2 unspecified atom stereocenters. The average Bonchev–Trinajstić information content (AvgIpc) is 1.98. The largest absolute Gasteiger partial charge is 0.161 e. The molecular weight excluding hydrogens is 128 g/mol. The van der Waals surface area contributed by atoms with Gasteiger partial charge in [0.25, 0.3) is 0 Å². The van der Waals surface area contributed by atoms with Gasteiger partial charge in [-0.3, -0.25) is 0 Å². The topological polar surface area (TPSA) is 0 Å². The van der Waals surface area contributed by atoms with Gasteiger partial charge in [0.15, 0.2) is 0 Å². The highest BCUT2D eigenvalue weighted by atomic mass is 32.2. The third kappa shape index (κ3) is 0.568. The number of hydrogen-bond donors (Lipinski definition) is 0. The van der Waals surface area contributed by atoms with E-state index in [2.05, 4.69) is 25.6 Å². The highest BCUT2D eigenvalue weighted by molar-refractivity contribution is 7.99. The lowest BCUT2D eigenvalue weighted by atomic mass is 9.53. The van der Waals surface area contributed by atoms with E-state index in [-0.39, 0.29) is 0 Å². The fraction of sp³-hybridized carbons (Fsp3) is 1.00. The molecule has 1 aliphatic carbocycles. The smallest absolute Gasteiger partial charge is 0.000773 e. The second kappa shape index (κ2) is 1.50. The monoisotopic (exact) mass is 142 g/mol. The molecule has 0 spiro atoms. The summed E-state index contributed by atoms with van der Waals surface area (Å²) in [5, 5.41) is 0. The van der Waals surface area contributed by atoms with Gasteiger partial charge in [-0.25, -0.2) is 0 Å². The van der Waals surface area contributed by atoms with Gasteiger partial charge in [-0.05, 0) is 35.2 Å². The van der Waals surface area contributed by atoms with E-state index >= 15 is 0 Å². The normalized spacial score (nSPS) is 56.7. The van der Waals surface area contributed by atoms with Crippen LogP contribution < -0.4 is 0 Å². The van der Waals surface area contributed by atoms with Crippen molar-refractivity contribution in [1.82, 2.24) is 0 Å². The van der Waals surface area contributed by atoms with Crippen LogP contribution in [0.1, 0.15) is 26.7 Å². The quantitative estimate of drug-likeness (QED) is 0.501. The first-order valence-electron chi connectivity index (χ1n) is 3.74. The summed E-state index contributed by atoms with van der Waals surface area (Å²) in [7, 11) is 0. The Kier molecular flexibility index (Phi) is 1.01. The lowest BCUT2D eigenvalue weighted by Gasteiger charge is -2.51. The van der Waals surface area contributed by atoms with Crippen molar-refractivity contribution in [3.63, 3.8) is 0 Å². The third-order valence-electron chi connectivity index (χ3n) is 3.53. The van der Waals surface area contributed by atoms with Crippen LogP contribution in [0.5, 0.6) is 0 Å². The maximum absolute atomic E-state index is 2.45. The Balaban J connectivity index is 2.26. The van der Waals surface area contributed by atoms with Crippen LogP contribution in [0.15, 0.2) is 0 Å². The molecule has 52 valence electrons. The van der Waals surface area contributed by atoms with Crippen molar-refractivity contribution >= 4 is 11.8 Å². The van der Waals surface area contributed by atoms with Gasteiger partial charge in [0.2, 0.25) is 0 Å². The summed E-state index contributed by atoms with van der Waals surface area (Å²) in [5.74, 6) is 2.84. The Morgan fingerprint density at radius 3 is 1.67 bits per heavy atom. The van der Waals surface area contributed by atoms with Crippen molar-refractivity contribution in [2.45, 2.75) is 26.7 Å². The fourth-order valence-corrected chi connectivity index (χ4v) is 3.96. The van der Waals surface area contributed by atoms with Crippen LogP contribution in [0.3, 0.4) is 0 Å². The van der Waals surface area contributed by atoms with Crippen LogP contribution in [0.4, 0.5) is 0 Å².